The van der Waals surface area contributed by atoms with Crippen LogP contribution in [0.2, 0.25) is 0 Å². The van der Waals surface area contributed by atoms with Crippen LogP contribution in [0, 0.1) is 11.3 Å². The number of amidine groups is 1. The van der Waals surface area contributed by atoms with Gasteiger partial charge in [0.15, 0.2) is 5.82 Å². The Morgan fingerprint density at radius 3 is 2.18 bits per heavy atom. The number of nitrogens with zero attached hydrogens (tertiary/aromatic N) is 3. The zero-order valence-electron chi connectivity index (χ0n) is 12.4. The Bertz CT molecular complexity index is 452. The van der Waals surface area contributed by atoms with Crippen molar-refractivity contribution in [2.45, 2.75) is 6.42 Å². The van der Waals surface area contributed by atoms with Gasteiger partial charge in [0.05, 0.1) is 33.6 Å². The minimum Gasteiger partial charge on any atom is -0.433 e. The van der Waals surface area contributed by atoms with Gasteiger partial charge in [-0.2, -0.15) is 10.2 Å². The second kappa shape index (κ2) is 10.3. The Kier molecular flexibility index (Phi) is 10.2. The second-order valence-electron chi connectivity index (χ2n) is 3.83. The van der Waals surface area contributed by atoms with Gasteiger partial charge in [-0.1, -0.05) is 0 Å². The lowest BCUT2D eigenvalue weighted by molar-refractivity contribution is -0.478. The van der Waals surface area contributed by atoms with Crippen LogP contribution in [0.5, 0.6) is 0 Å². The number of hydrogen-bond acceptors (Lipinski definition) is 5. The van der Waals surface area contributed by atoms with Gasteiger partial charge in [0.2, 0.25) is 0 Å². The molecule has 0 atom stereocenters. The number of halogens is 4. The molecule has 0 heterocycles. The van der Waals surface area contributed by atoms with Crippen molar-refractivity contribution in [1.29, 1.82) is 5.26 Å². The fraction of sp³-hybridized carbons (Fsp3) is 0.500. The third kappa shape index (κ3) is 14.0. The molecule has 0 radical (unpaired) electrons. The average molecular weight is 328 g/mol. The van der Waals surface area contributed by atoms with Gasteiger partial charge in [0, 0.05) is 0 Å². The molecule has 0 aliphatic rings. The molecule has 7 nitrogen and oxygen atoms in total. The quantitative estimate of drug-likeness (QED) is 0.160. The maximum absolute atomic E-state index is 11.3. The van der Waals surface area contributed by atoms with Gasteiger partial charge in [-0.25, -0.2) is 9.37 Å². The van der Waals surface area contributed by atoms with Crippen molar-refractivity contribution in [2.75, 3.05) is 27.7 Å². The van der Waals surface area contributed by atoms with Gasteiger partial charge in [-0.3, -0.25) is 0 Å². The van der Waals surface area contributed by atoms with E-state index < -0.39 is 13.4 Å². The number of hydrogen-bond donors (Lipinski definition) is 1. The molecular formula is C10H17BF4N4O3. The highest BCUT2D eigenvalue weighted by Crippen LogP contribution is 2.06. The predicted octanol–water partition coefficient (Wildman–Crippen LogP) is 1.34. The minimum atomic E-state index is -6.00. The number of carbonyl (C=O) groups is 1. The monoisotopic (exact) mass is 328 g/mol. The van der Waals surface area contributed by atoms with E-state index in [2.05, 4.69) is 11.3 Å². The molecule has 22 heavy (non-hydrogen) atoms. The molecule has 0 amide bonds. The number of nitrogens with two attached hydrogens (primary N) is 1. The first-order valence-corrected chi connectivity index (χ1v) is 5.71. The average Bonchev–Trinajstić information content (AvgIpc) is 2.33. The molecule has 0 unspecified atom stereocenters. The summed E-state index contributed by atoms with van der Waals surface area (Å²) in [5, 5.41) is 8.28. The largest absolute Gasteiger partial charge is 0.673 e. The van der Waals surface area contributed by atoms with Crippen molar-refractivity contribution in [2.24, 2.45) is 5.73 Å². The van der Waals surface area contributed by atoms with Crippen molar-refractivity contribution >= 4 is 19.4 Å². The first kappa shape index (κ1) is 21.8. The highest BCUT2D eigenvalue weighted by atomic mass is 19.5. The van der Waals surface area contributed by atoms with E-state index in [1.54, 1.807) is 25.7 Å². The molecule has 0 saturated carbocycles. The molecule has 12 heteroatoms. The standard InChI is InChI=1S/C10H17N4O3.BF4/c1-8(12)14(4)9(13(2)3)17-10(15)16-7-5-6-11;2-1(3,4)5/h1,5,7,12H2,2-4H3;/q+1;-1. The number of carbonyl (C=O) groups excluding carboxylic acids is 1. The molecule has 0 aromatic carbocycles. The van der Waals surface area contributed by atoms with Crippen LogP contribution in [0.15, 0.2) is 12.4 Å². The second-order valence-corrected chi connectivity index (χ2v) is 3.83. The predicted molar refractivity (Wildman–Crippen MR) is 71.1 cm³/mol. The van der Waals surface area contributed by atoms with Crippen LogP contribution in [0.4, 0.5) is 22.1 Å². The summed E-state index contributed by atoms with van der Waals surface area (Å²) in [5.74, 6) is 0.221. The smallest absolute Gasteiger partial charge is 0.433 e. The molecule has 0 bridgehead atoms. The lowest BCUT2D eigenvalue weighted by Crippen LogP contribution is -2.38. The SMILES string of the molecule is C=C(N)N(C)C(OC(=O)OCCC#N)=[N+](C)C.F[B-](F)(F)F. The van der Waals surface area contributed by atoms with E-state index in [-0.39, 0.29) is 24.9 Å². The van der Waals surface area contributed by atoms with Crippen LogP contribution in [-0.2, 0) is 9.47 Å². The Morgan fingerprint density at radius 1 is 1.41 bits per heavy atom. The normalized spacial score (nSPS) is 9.55. The van der Waals surface area contributed by atoms with Crippen molar-refractivity contribution in [3.63, 3.8) is 0 Å². The van der Waals surface area contributed by atoms with Crippen LogP contribution < -0.4 is 5.73 Å². The highest BCUT2D eigenvalue weighted by Gasteiger charge is 2.24. The lowest BCUT2D eigenvalue weighted by Gasteiger charge is -2.13. The van der Waals surface area contributed by atoms with E-state index in [0.717, 1.165) is 0 Å². The molecule has 126 valence electrons. The topological polar surface area (TPSA) is 91.6 Å². The maximum Gasteiger partial charge on any atom is 0.673 e. The van der Waals surface area contributed by atoms with Crippen LogP contribution in [0.25, 0.3) is 0 Å². The van der Waals surface area contributed by atoms with Gasteiger partial charge in [0.25, 0.3) is 0 Å². The van der Waals surface area contributed by atoms with E-state index in [9.17, 15) is 22.1 Å². The van der Waals surface area contributed by atoms with E-state index in [1.807, 2.05) is 6.07 Å². The Morgan fingerprint density at radius 2 is 1.86 bits per heavy atom. The molecule has 0 aromatic heterocycles. The molecule has 0 aromatic rings. The molecule has 0 aliphatic carbocycles. The van der Waals surface area contributed by atoms with Crippen LogP contribution in [0.1, 0.15) is 6.42 Å². The van der Waals surface area contributed by atoms with Crippen molar-refractivity contribution in [1.82, 2.24) is 4.90 Å². The van der Waals surface area contributed by atoms with Gasteiger partial charge >= 0.3 is 19.4 Å². The first-order chi connectivity index (χ1) is 9.90. The maximum atomic E-state index is 11.3. The summed E-state index contributed by atoms with van der Waals surface area (Å²) in [6.07, 6.45) is -0.775. The zero-order valence-corrected chi connectivity index (χ0v) is 12.4. The van der Waals surface area contributed by atoms with Crippen molar-refractivity contribution < 1.29 is 36.1 Å². The Labute approximate surface area is 125 Å². The number of ether oxygens (including phenoxy) is 2. The third-order valence-electron chi connectivity index (χ3n) is 1.71. The van der Waals surface area contributed by atoms with Gasteiger partial charge < -0.3 is 32.5 Å². The van der Waals surface area contributed by atoms with Gasteiger partial charge in [-0.05, 0) is 6.58 Å². The Balaban J connectivity index is 0. The summed E-state index contributed by atoms with van der Waals surface area (Å²) in [7, 11) is -1.05. The molecule has 0 fully saturated rings. The summed E-state index contributed by atoms with van der Waals surface area (Å²) in [6.45, 7) is 3.51. The molecule has 0 rings (SSSR count). The van der Waals surface area contributed by atoms with Gasteiger partial charge in [-0.15, -0.1) is 0 Å². The molecule has 0 aliphatic heterocycles. The van der Waals surface area contributed by atoms with Crippen molar-refractivity contribution in [3.05, 3.63) is 12.4 Å². The summed E-state index contributed by atoms with van der Waals surface area (Å²) in [6, 6.07) is 2.03. The van der Waals surface area contributed by atoms with Crippen LogP contribution >= 0.6 is 0 Å². The van der Waals surface area contributed by atoms with Gasteiger partial charge in [0.1, 0.15) is 6.61 Å². The molecule has 0 saturated heterocycles. The number of nitriles is 1. The fourth-order valence-corrected chi connectivity index (χ4v) is 0.867. The highest BCUT2D eigenvalue weighted by molar-refractivity contribution is 6.50. The molecular weight excluding hydrogens is 311 g/mol. The first-order valence-electron chi connectivity index (χ1n) is 5.71. The summed E-state index contributed by atoms with van der Waals surface area (Å²) < 4.78 is 50.1. The van der Waals surface area contributed by atoms with E-state index in [1.165, 1.54) is 4.90 Å². The fourth-order valence-electron chi connectivity index (χ4n) is 0.867. The Hall–Kier alpha value is -2.45. The molecule has 2 N–H and O–H groups in total. The zero-order chi connectivity index (χ0) is 17.9. The summed E-state index contributed by atoms with van der Waals surface area (Å²) in [4.78, 5) is 12.7. The lowest BCUT2D eigenvalue weighted by atomic mass is 10.3. The number of rotatable bonds is 3. The summed E-state index contributed by atoms with van der Waals surface area (Å²) in [5.41, 5.74) is 5.48. The van der Waals surface area contributed by atoms with Crippen LogP contribution in [-0.4, -0.2) is 56.7 Å². The third-order valence-corrected chi connectivity index (χ3v) is 1.71. The van der Waals surface area contributed by atoms with E-state index in [4.69, 9.17) is 15.7 Å². The molecule has 0 spiro atoms. The summed E-state index contributed by atoms with van der Waals surface area (Å²) >= 11 is 0. The van der Waals surface area contributed by atoms with Crippen LogP contribution in [0.3, 0.4) is 0 Å². The minimum absolute atomic E-state index is 0.0106. The van der Waals surface area contributed by atoms with Crippen molar-refractivity contribution in [3.8, 4) is 6.07 Å². The van der Waals surface area contributed by atoms with E-state index >= 15 is 0 Å². The van der Waals surface area contributed by atoms with E-state index in [0.29, 0.717) is 0 Å².